The number of carbonyl (C=O) groups excluding carboxylic acids is 1. The van der Waals surface area contributed by atoms with Gasteiger partial charge >= 0.3 is 0 Å². The number of thiazole rings is 1. The van der Waals surface area contributed by atoms with Crippen LogP contribution in [0.4, 0.5) is 0 Å². The van der Waals surface area contributed by atoms with E-state index >= 15 is 0 Å². The minimum absolute atomic E-state index is 0.102. The van der Waals surface area contributed by atoms with Crippen molar-refractivity contribution in [3.05, 3.63) is 16.1 Å². The van der Waals surface area contributed by atoms with Crippen molar-refractivity contribution in [2.24, 2.45) is 23.5 Å². The Morgan fingerprint density at radius 2 is 2.00 bits per heavy atom. The van der Waals surface area contributed by atoms with Crippen molar-refractivity contribution in [3.63, 3.8) is 0 Å². The van der Waals surface area contributed by atoms with Gasteiger partial charge in [0, 0.05) is 35.7 Å². The number of aromatic nitrogens is 1. The number of hydrogen-bond acceptors (Lipinski definition) is 4. The summed E-state index contributed by atoms with van der Waals surface area (Å²) < 4.78 is 0. The fraction of sp³-hybridized carbons (Fsp3) is 0.789. The van der Waals surface area contributed by atoms with Gasteiger partial charge in [0.1, 0.15) is 0 Å². The number of rotatable bonds is 4. The Bertz CT molecular complexity index is 563. The van der Waals surface area contributed by atoms with Crippen LogP contribution in [0.5, 0.6) is 0 Å². The van der Waals surface area contributed by atoms with Crippen molar-refractivity contribution < 1.29 is 4.79 Å². The summed E-state index contributed by atoms with van der Waals surface area (Å²) in [5, 5.41) is 6.42. The molecule has 1 aromatic heterocycles. The Hall–Kier alpha value is -0.940. The average molecular weight is 350 g/mol. The molecule has 4 nitrogen and oxygen atoms in total. The highest BCUT2D eigenvalue weighted by atomic mass is 32.1. The number of fused-ring (bicyclic) bond motifs is 2. The second-order valence-electron chi connectivity index (χ2n) is 8.63. The van der Waals surface area contributed by atoms with E-state index in [1.54, 1.807) is 11.3 Å². The largest absolute Gasteiger partial charge is 0.355 e. The van der Waals surface area contributed by atoms with E-state index in [9.17, 15) is 4.79 Å². The number of nitrogens with zero attached hydrogens (tertiary/aromatic N) is 1. The molecule has 2 saturated carbocycles. The Balaban J connectivity index is 1.47. The maximum Gasteiger partial charge on any atom is 0.223 e. The van der Waals surface area contributed by atoms with E-state index in [1.165, 1.54) is 19.3 Å². The second kappa shape index (κ2) is 7.12. The first-order valence-electron chi connectivity index (χ1n) is 9.33. The molecule has 1 amide bonds. The molecule has 0 saturated heterocycles. The quantitative estimate of drug-likeness (QED) is 0.877. The lowest BCUT2D eigenvalue weighted by Gasteiger charge is -2.43. The molecule has 5 heteroatoms. The predicted octanol–water partition coefficient (Wildman–Crippen LogP) is 3.25. The van der Waals surface area contributed by atoms with Crippen molar-refractivity contribution in [2.45, 2.75) is 70.8 Å². The van der Waals surface area contributed by atoms with Crippen LogP contribution in [0.15, 0.2) is 5.38 Å². The first kappa shape index (κ1) is 17.9. The third-order valence-electron chi connectivity index (χ3n) is 5.66. The Morgan fingerprint density at radius 3 is 2.58 bits per heavy atom. The molecule has 2 atom stereocenters. The highest BCUT2D eigenvalue weighted by Crippen LogP contribution is 2.41. The number of carbonyl (C=O) groups is 1. The monoisotopic (exact) mass is 349 g/mol. The number of hydrogen-bond donors (Lipinski definition) is 2. The van der Waals surface area contributed by atoms with Crippen LogP contribution in [-0.4, -0.2) is 23.5 Å². The SMILES string of the molecule is CC(C)(C)c1nc(CCNC(=O)C2CC3CCCC(C2)C3N)cs1. The molecule has 0 aliphatic heterocycles. The molecule has 1 heterocycles. The first-order chi connectivity index (χ1) is 11.3. The molecule has 3 N–H and O–H groups in total. The van der Waals surface area contributed by atoms with Crippen molar-refractivity contribution in [2.75, 3.05) is 6.54 Å². The zero-order chi connectivity index (χ0) is 17.3. The average Bonchev–Trinajstić information content (AvgIpc) is 2.95. The van der Waals surface area contributed by atoms with Gasteiger partial charge in [0.05, 0.1) is 10.7 Å². The van der Waals surface area contributed by atoms with E-state index in [0.717, 1.165) is 30.0 Å². The number of nitrogens with two attached hydrogens (primary N) is 1. The fourth-order valence-electron chi connectivity index (χ4n) is 4.23. The van der Waals surface area contributed by atoms with E-state index in [2.05, 4.69) is 31.5 Å². The van der Waals surface area contributed by atoms with Crippen LogP contribution in [0.2, 0.25) is 0 Å². The molecule has 2 aliphatic rings. The molecule has 0 aromatic carbocycles. The van der Waals surface area contributed by atoms with Crippen LogP contribution in [0.25, 0.3) is 0 Å². The van der Waals surface area contributed by atoms with Gasteiger partial charge in [0.15, 0.2) is 0 Å². The zero-order valence-electron chi connectivity index (χ0n) is 15.2. The van der Waals surface area contributed by atoms with E-state index in [0.29, 0.717) is 24.4 Å². The summed E-state index contributed by atoms with van der Waals surface area (Å²) in [5.41, 5.74) is 7.51. The topological polar surface area (TPSA) is 68.0 Å². The third kappa shape index (κ3) is 3.99. The highest BCUT2D eigenvalue weighted by molar-refractivity contribution is 7.09. The van der Waals surface area contributed by atoms with E-state index < -0.39 is 0 Å². The van der Waals surface area contributed by atoms with Crippen molar-refractivity contribution in [1.29, 1.82) is 0 Å². The fourth-order valence-corrected chi connectivity index (χ4v) is 5.17. The highest BCUT2D eigenvalue weighted by Gasteiger charge is 2.40. The molecule has 24 heavy (non-hydrogen) atoms. The van der Waals surface area contributed by atoms with Gasteiger partial charge in [-0.2, -0.15) is 0 Å². The molecule has 2 bridgehead atoms. The molecule has 0 spiro atoms. The lowest BCUT2D eigenvalue weighted by Crippen LogP contribution is -2.49. The summed E-state index contributed by atoms with van der Waals surface area (Å²) >= 11 is 1.72. The summed E-state index contributed by atoms with van der Waals surface area (Å²) in [6.45, 7) is 7.23. The van der Waals surface area contributed by atoms with Crippen LogP contribution in [0.3, 0.4) is 0 Å². The Morgan fingerprint density at radius 1 is 1.33 bits per heavy atom. The molecule has 2 aliphatic carbocycles. The standard InChI is InChI=1S/C19H31N3OS/c1-19(2,3)18-22-15(11-24-18)7-8-21-17(23)14-9-12-5-4-6-13(10-14)16(12)20/h11-14,16H,4-10,20H2,1-3H3,(H,21,23). The van der Waals surface area contributed by atoms with Crippen LogP contribution >= 0.6 is 11.3 Å². The normalized spacial score (nSPS) is 30.2. The van der Waals surface area contributed by atoms with E-state index in [4.69, 9.17) is 10.7 Å². The third-order valence-corrected chi connectivity index (χ3v) is 6.97. The number of nitrogens with one attached hydrogen (secondary N) is 1. The molecule has 0 radical (unpaired) electrons. The van der Waals surface area contributed by atoms with Gasteiger partial charge in [-0.3, -0.25) is 4.79 Å². The van der Waals surface area contributed by atoms with Crippen molar-refractivity contribution >= 4 is 17.2 Å². The van der Waals surface area contributed by atoms with Gasteiger partial charge in [0.2, 0.25) is 5.91 Å². The number of amides is 1. The molecule has 1 aromatic rings. The smallest absolute Gasteiger partial charge is 0.223 e. The first-order valence-corrected chi connectivity index (χ1v) is 10.2. The van der Waals surface area contributed by atoms with Crippen LogP contribution in [0, 0.1) is 17.8 Å². The molecule has 2 fully saturated rings. The molecular formula is C19H31N3OS. The van der Waals surface area contributed by atoms with E-state index in [1.807, 2.05) is 0 Å². The second-order valence-corrected chi connectivity index (χ2v) is 9.49. The van der Waals surface area contributed by atoms with Gasteiger partial charge in [-0.05, 0) is 37.5 Å². The molecular weight excluding hydrogens is 318 g/mol. The summed E-state index contributed by atoms with van der Waals surface area (Å²) in [6, 6.07) is 0.327. The van der Waals surface area contributed by atoms with Gasteiger partial charge in [0.25, 0.3) is 0 Å². The maximum absolute atomic E-state index is 12.5. The summed E-state index contributed by atoms with van der Waals surface area (Å²) in [5.74, 6) is 1.51. The maximum atomic E-state index is 12.5. The van der Waals surface area contributed by atoms with Gasteiger partial charge in [-0.1, -0.05) is 27.2 Å². The van der Waals surface area contributed by atoms with Crippen molar-refractivity contribution in [3.8, 4) is 0 Å². The minimum atomic E-state index is 0.102. The molecule has 2 unspecified atom stereocenters. The van der Waals surface area contributed by atoms with Crippen LogP contribution in [-0.2, 0) is 16.6 Å². The Labute approximate surface area is 149 Å². The lowest BCUT2D eigenvalue weighted by atomic mass is 9.65. The lowest BCUT2D eigenvalue weighted by molar-refractivity contribution is -0.127. The minimum Gasteiger partial charge on any atom is -0.355 e. The zero-order valence-corrected chi connectivity index (χ0v) is 16.0. The van der Waals surface area contributed by atoms with Crippen LogP contribution < -0.4 is 11.1 Å². The Kier molecular flexibility index (Phi) is 5.30. The van der Waals surface area contributed by atoms with Gasteiger partial charge in [-0.15, -0.1) is 11.3 Å². The molecule has 3 rings (SSSR count). The summed E-state index contributed by atoms with van der Waals surface area (Å²) in [4.78, 5) is 17.2. The van der Waals surface area contributed by atoms with Gasteiger partial charge < -0.3 is 11.1 Å². The van der Waals surface area contributed by atoms with Gasteiger partial charge in [-0.25, -0.2) is 4.98 Å². The van der Waals surface area contributed by atoms with E-state index in [-0.39, 0.29) is 17.2 Å². The van der Waals surface area contributed by atoms with Crippen molar-refractivity contribution in [1.82, 2.24) is 10.3 Å². The molecule has 134 valence electrons. The summed E-state index contributed by atoms with van der Waals surface area (Å²) in [7, 11) is 0. The van der Waals surface area contributed by atoms with Crippen LogP contribution in [0.1, 0.15) is 63.6 Å². The summed E-state index contributed by atoms with van der Waals surface area (Å²) in [6.07, 6.45) is 6.48. The predicted molar refractivity (Wildman–Crippen MR) is 99.1 cm³/mol.